The Hall–Kier alpha value is -1.17. The van der Waals surface area contributed by atoms with Crippen molar-refractivity contribution in [1.82, 2.24) is 20.0 Å². The third kappa shape index (κ3) is 3.05. The van der Waals surface area contributed by atoms with E-state index < -0.39 is 0 Å². The van der Waals surface area contributed by atoms with Crippen LogP contribution in [0.2, 0.25) is 0 Å². The maximum absolute atomic E-state index is 4.51. The van der Waals surface area contributed by atoms with Gasteiger partial charge in [0.2, 0.25) is 0 Å². The summed E-state index contributed by atoms with van der Waals surface area (Å²) >= 11 is 1.77. The van der Waals surface area contributed by atoms with Crippen LogP contribution in [0.4, 0.5) is 0 Å². The zero-order valence-corrected chi connectivity index (χ0v) is 12.1. The predicted molar refractivity (Wildman–Crippen MR) is 78.8 cm³/mol. The summed E-state index contributed by atoms with van der Waals surface area (Å²) in [5.41, 5.74) is 4.72. The first kappa shape index (κ1) is 12.8. The minimum atomic E-state index is 0.842. The topological polar surface area (TPSA) is 33.1 Å². The highest BCUT2D eigenvalue weighted by atomic mass is 32.1. The summed E-state index contributed by atoms with van der Waals surface area (Å²) in [6.45, 7) is 3.17. The maximum atomic E-state index is 4.51. The highest BCUT2D eigenvalue weighted by molar-refractivity contribution is 7.15. The lowest BCUT2D eigenvalue weighted by molar-refractivity contribution is 0.151. The third-order valence-electron chi connectivity index (χ3n) is 3.56. The molecule has 0 atom stereocenters. The van der Waals surface area contributed by atoms with Gasteiger partial charge in [-0.1, -0.05) is 6.42 Å². The van der Waals surface area contributed by atoms with Crippen molar-refractivity contribution < 1.29 is 0 Å². The number of hydrazine groups is 1. The van der Waals surface area contributed by atoms with Gasteiger partial charge in [0, 0.05) is 32.5 Å². The molecule has 0 bridgehead atoms. The Balaban J connectivity index is 1.60. The Morgan fingerprint density at radius 2 is 2.16 bits per heavy atom. The normalized spacial score (nSPS) is 16.9. The summed E-state index contributed by atoms with van der Waals surface area (Å²) in [6.07, 6.45) is 8.03. The molecule has 1 N–H and O–H groups in total. The number of rotatable bonds is 4. The zero-order valence-electron chi connectivity index (χ0n) is 11.3. The van der Waals surface area contributed by atoms with Gasteiger partial charge >= 0.3 is 0 Å². The maximum Gasteiger partial charge on any atom is 0.108 e. The summed E-state index contributed by atoms with van der Waals surface area (Å²) in [5, 5.41) is 3.48. The van der Waals surface area contributed by atoms with Crippen molar-refractivity contribution in [1.29, 1.82) is 0 Å². The van der Waals surface area contributed by atoms with Crippen LogP contribution >= 0.6 is 11.3 Å². The number of hydrogen-bond donors (Lipinski definition) is 1. The summed E-state index contributed by atoms with van der Waals surface area (Å²) in [7, 11) is 2.07. The molecule has 2 aromatic rings. The Labute approximate surface area is 118 Å². The van der Waals surface area contributed by atoms with Gasteiger partial charge in [-0.3, -0.25) is 0 Å². The summed E-state index contributed by atoms with van der Waals surface area (Å²) in [5.74, 6) is 0. The molecule has 5 heteroatoms. The average Bonchev–Trinajstić information content (AvgIpc) is 3.06. The number of thiazole rings is 1. The van der Waals surface area contributed by atoms with E-state index in [1.54, 1.807) is 11.3 Å². The fourth-order valence-electron chi connectivity index (χ4n) is 2.46. The van der Waals surface area contributed by atoms with Crippen LogP contribution in [-0.2, 0) is 13.6 Å². The molecule has 1 fully saturated rings. The second kappa shape index (κ2) is 5.86. The van der Waals surface area contributed by atoms with Crippen LogP contribution in [0.25, 0.3) is 10.6 Å². The van der Waals surface area contributed by atoms with E-state index in [1.165, 1.54) is 29.8 Å². The first-order valence-corrected chi connectivity index (χ1v) is 7.69. The average molecular weight is 276 g/mol. The summed E-state index contributed by atoms with van der Waals surface area (Å²) < 4.78 is 2.13. The van der Waals surface area contributed by atoms with Crippen LogP contribution in [0.15, 0.2) is 24.5 Å². The quantitative estimate of drug-likeness (QED) is 0.932. The number of nitrogens with zero attached hydrogens (tertiary/aromatic N) is 3. The van der Waals surface area contributed by atoms with Crippen molar-refractivity contribution in [3.8, 4) is 10.6 Å². The van der Waals surface area contributed by atoms with Crippen molar-refractivity contribution in [2.24, 2.45) is 7.05 Å². The monoisotopic (exact) mass is 276 g/mol. The van der Waals surface area contributed by atoms with Gasteiger partial charge < -0.3 is 4.57 Å². The lowest BCUT2D eigenvalue weighted by Crippen LogP contribution is -2.41. The molecular formula is C14H20N4S. The zero-order chi connectivity index (χ0) is 13.1. The van der Waals surface area contributed by atoms with Crippen molar-refractivity contribution >= 4 is 11.3 Å². The van der Waals surface area contributed by atoms with E-state index in [9.17, 15) is 0 Å². The van der Waals surface area contributed by atoms with Crippen LogP contribution < -0.4 is 5.43 Å². The number of nitrogens with one attached hydrogen (secondary N) is 1. The SMILES string of the molecule is Cn1cccc1-c1cnc(CNN2CCCCC2)s1. The number of aryl methyl sites for hydroxylation is 1. The van der Waals surface area contributed by atoms with Gasteiger partial charge in [-0.15, -0.1) is 11.3 Å². The van der Waals surface area contributed by atoms with Crippen molar-refractivity contribution in [2.75, 3.05) is 13.1 Å². The van der Waals surface area contributed by atoms with Gasteiger partial charge in [0.25, 0.3) is 0 Å². The lowest BCUT2D eigenvalue weighted by atomic mass is 10.2. The van der Waals surface area contributed by atoms with E-state index in [-0.39, 0.29) is 0 Å². The highest BCUT2D eigenvalue weighted by Crippen LogP contribution is 2.26. The highest BCUT2D eigenvalue weighted by Gasteiger charge is 2.11. The smallest absolute Gasteiger partial charge is 0.108 e. The van der Waals surface area contributed by atoms with Crippen LogP contribution in [-0.4, -0.2) is 27.6 Å². The molecule has 102 valence electrons. The van der Waals surface area contributed by atoms with Crippen molar-refractivity contribution in [2.45, 2.75) is 25.8 Å². The molecule has 3 heterocycles. The van der Waals surface area contributed by atoms with Crippen molar-refractivity contribution in [3.05, 3.63) is 29.5 Å². The molecule has 0 saturated carbocycles. The van der Waals surface area contributed by atoms with Gasteiger partial charge in [0.1, 0.15) is 5.01 Å². The van der Waals surface area contributed by atoms with Crippen LogP contribution in [0.1, 0.15) is 24.3 Å². The molecule has 1 saturated heterocycles. The molecule has 2 aromatic heterocycles. The van der Waals surface area contributed by atoms with E-state index in [4.69, 9.17) is 0 Å². The van der Waals surface area contributed by atoms with Gasteiger partial charge in [-0.05, 0) is 25.0 Å². The Morgan fingerprint density at radius 1 is 1.32 bits per heavy atom. The molecule has 0 spiro atoms. The molecule has 3 rings (SSSR count). The molecule has 0 unspecified atom stereocenters. The largest absolute Gasteiger partial charge is 0.350 e. The number of piperidine rings is 1. The molecule has 1 aliphatic rings. The van der Waals surface area contributed by atoms with Crippen molar-refractivity contribution in [3.63, 3.8) is 0 Å². The third-order valence-corrected chi connectivity index (χ3v) is 4.58. The lowest BCUT2D eigenvalue weighted by Gasteiger charge is -2.26. The standard InChI is InChI=1S/C14H20N4S/c1-17-7-5-6-12(17)13-10-15-14(19-13)11-16-18-8-3-2-4-9-18/h5-7,10,16H,2-4,8-9,11H2,1H3. The molecule has 19 heavy (non-hydrogen) atoms. The van der Waals surface area contributed by atoms with Gasteiger partial charge in [-0.2, -0.15) is 0 Å². The summed E-state index contributed by atoms with van der Waals surface area (Å²) in [6, 6.07) is 4.20. The van der Waals surface area contributed by atoms with Crippen LogP contribution in [0, 0.1) is 0 Å². The Morgan fingerprint density at radius 3 is 2.89 bits per heavy atom. The second-order valence-corrected chi connectivity index (χ2v) is 6.12. The molecule has 0 radical (unpaired) electrons. The van der Waals surface area contributed by atoms with Gasteiger partial charge in [-0.25, -0.2) is 15.4 Å². The van der Waals surface area contributed by atoms with E-state index >= 15 is 0 Å². The fourth-order valence-corrected chi connectivity index (χ4v) is 3.38. The Kier molecular flexibility index (Phi) is 3.96. The summed E-state index contributed by atoms with van der Waals surface area (Å²) in [4.78, 5) is 5.75. The minimum Gasteiger partial charge on any atom is -0.350 e. The number of hydrogen-bond acceptors (Lipinski definition) is 4. The van der Waals surface area contributed by atoms with Gasteiger partial charge in [0.05, 0.1) is 17.1 Å². The van der Waals surface area contributed by atoms with E-state index in [2.05, 4.69) is 45.4 Å². The first-order valence-electron chi connectivity index (χ1n) is 6.88. The molecule has 0 aromatic carbocycles. The van der Waals surface area contributed by atoms with E-state index in [0.717, 1.165) is 24.6 Å². The molecule has 0 aliphatic carbocycles. The van der Waals surface area contributed by atoms with E-state index in [0.29, 0.717) is 0 Å². The van der Waals surface area contributed by atoms with Crippen LogP contribution in [0.5, 0.6) is 0 Å². The predicted octanol–water partition coefficient (Wildman–Crippen LogP) is 2.64. The Bertz CT molecular complexity index is 525. The van der Waals surface area contributed by atoms with Crippen LogP contribution in [0.3, 0.4) is 0 Å². The van der Waals surface area contributed by atoms with Gasteiger partial charge in [0.15, 0.2) is 0 Å². The number of aromatic nitrogens is 2. The van der Waals surface area contributed by atoms with E-state index in [1.807, 2.05) is 6.20 Å². The first-order chi connectivity index (χ1) is 9.33. The molecule has 1 aliphatic heterocycles. The second-order valence-electron chi connectivity index (χ2n) is 5.01. The molecule has 4 nitrogen and oxygen atoms in total. The fraction of sp³-hybridized carbons (Fsp3) is 0.500. The molecular weight excluding hydrogens is 256 g/mol. The molecule has 0 amide bonds. The minimum absolute atomic E-state index is 0.842.